The van der Waals surface area contributed by atoms with E-state index in [2.05, 4.69) is 11.2 Å². The van der Waals surface area contributed by atoms with Gasteiger partial charge in [0.05, 0.1) is 11.7 Å². The van der Waals surface area contributed by atoms with Crippen LogP contribution in [-0.2, 0) is 6.73 Å². The number of rotatable bonds is 1. The molecule has 0 spiro atoms. The maximum Gasteiger partial charge on any atom is 0.136 e. The zero-order valence-electron chi connectivity index (χ0n) is 5.86. The van der Waals surface area contributed by atoms with Crippen molar-refractivity contribution in [2.45, 2.75) is 6.73 Å². The number of benzene rings is 1. The minimum atomic E-state index is -0.0820. The summed E-state index contributed by atoms with van der Waals surface area (Å²) in [7, 11) is 0. The second kappa shape index (κ2) is 2.36. The predicted molar refractivity (Wildman–Crippen MR) is 40.8 cm³/mol. The van der Waals surface area contributed by atoms with E-state index in [4.69, 9.17) is 5.11 Å². The molecule has 0 bridgehead atoms. The molecule has 0 amide bonds. The second-order valence-corrected chi connectivity index (χ2v) is 2.27. The maximum absolute atomic E-state index is 8.81. The average molecular weight is 147 g/mol. The average Bonchev–Trinajstić information content (AvgIpc) is 2.47. The molecule has 55 valence electrons. The third-order valence-corrected chi connectivity index (χ3v) is 1.62. The lowest BCUT2D eigenvalue weighted by atomic mass is 10.3. The van der Waals surface area contributed by atoms with Gasteiger partial charge in [-0.15, -0.1) is 0 Å². The Labute approximate surface area is 63.9 Å². The molecule has 0 unspecified atom stereocenters. The minimum absolute atomic E-state index is 0.0820. The Morgan fingerprint density at radius 3 is 3.36 bits per heavy atom. The molecule has 0 saturated heterocycles. The SMILES string of the molecule is OCn1ncc2cc[c]cc21. The number of aromatic nitrogens is 2. The molecule has 1 aromatic heterocycles. The number of fused-ring (bicyclic) bond motifs is 1. The van der Waals surface area contributed by atoms with E-state index in [1.54, 1.807) is 12.3 Å². The molecule has 1 heterocycles. The van der Waals surface area contributed by atoms with Gasteiger partial charge in [-0.1, -0.05) is 12.1 Å². The van der Waals surface area contributed by atoms with Gasteiger partial charge in [0, 0.05) is 5.39 Å². The molecule has 0 aliphatic carbocycles. The topological polar surface area (TPSA) is 38.0 Å². The molecular formula is C8H7N2O. The highest BCUT2D eigenvalue weighted by Gasteiger charge is 1.97. The molecular weight excluding hydrogens is 140 g/mol. The van der Waals surface area contributed by atoms with Gasteiger partial charge in [0.1, 0.15) is 6.73 Å². The lowest BCUT2D eigenvalue weighted by Crippen LogP contribution is -1.97. The molecule has 0 saturated carbocycles. The lowest BCUT2D eigenvalue weighted by Gasteiger charge is -1.94. The van der Waals surface area contributed by atoms with Crippen LogP contribution in [0, 0.1) is 6.07 Å². The normalized spacial score (nSPS) is 10.6. The van der Waals surface area contributed by atoms with Gasteiger partial charge in [-0.05, 0) is 12.1 Å². The zero-order chi connectivity index (χ0) is 7.68. The van der Waals surface area contributed by atoms with Gasteiger partial charge in [0.25, 0.3) is 0 Å². The molecule has 3 heteroatoms. The van der Waals surface area contributed by atoms with Crippen LogP contribution in [-0.4, -0.2) is 14.9 Å². The Kier molecular flexibility index (Phi) is 1.36. The Morgan fingerprint density at radius 2 is 2.55 bits per heavy atom. The van der Waals surface area contributed by atoms with Crippen molar-refractivity contribution in [3.05, 3.63) is 30.5 Å². The van der Waals surface area contributed by atoms with Crippen LogP contribution in [0.1, 0.15) is 0 Å². The van der Waals surface area contributed by atoms with Crippen LogP contribution < -0.4 is 0 Å². The molecule has 3 nitrogen and oxygen atoms in total. The summed E-state index contributed by atoms with van der Waals surface area (Å²) < 4.78 is 1.52. The summed E-state index contributed by atoms with van der Waals surface area (Å²) in [4.78, 5) is 0. The van der Waals surface area contributed by atoms with E-state index in [0.29, 0.717) is 0 Å². The van der Waals surface area contributed by atoms with Gasteiger partial charge in [-0.25, -0.2) is 4.68 Å². The monoisotopic (exact) mass is 147 g/mol. The number of hydrogen-bond donors (Lipinski definition) is 1. The molecule has 11 heavy (non-hydrogen) atoms. The van der Waals surface area contributed by atoms with Crippen LogP contribution in [0.15, 0.2) is 24.4 Å². The molecule has 2 rings (SSSR count). The fourth-order valence-corrected chi connectivity index (χ4v) is 1.07. The quantitative estimate of drug-likeness (QED) is 0.647. The van der Waals surface area contributed by atoms with Crippen LogP contribution in [0.3, 0.4) is 0 Å². The van der Waals surface area contributed by atoms with Crippen molar-refractivity contribution in [2.24, 2.45) is 0 Å². The van der Waals surface area contributed by atoms with Crippen molar-refractivity contribution < 1.29 is 5.11 Å². The highest BCUT2D eigenvalue weighted by atomic mass is 16.3. The number of hydrogen-bond acceptors (Lipinski definition) is 2. The molecule has 0 atom stereocenters. The van der Waals surface area contributed by atoms with E-state index >= 15 is 0 Å². The van der Waals surface area contributed by atoms with Crippen molar-refractivity contribution in [3.8, 4) is 0 Å². The Hall–Kier alpha value is -1.35. The van der Waals surface area contributed by atoms with E-state index in [1.165, 1.54) is 4.68 Å². The Bertz CT molecular complexity index is 367. The molecule has 1 N–H and O–H groups in total. The van der Waals surface area contributed by atoms with Crippen LogP contribution in [0.4, 0.5) is 0 Å². The molecule has 1 radical (unpaired) electrons. The first-order chi connectivity index (χ1) is 5.42. The van der Waals surface area contributed by atoms with Crippen molar-refractivity contribution >= 4 is 10.9 Å². The van der Waals surface area contributed by atoms with E-state index in [9.17, 15) is 0 Å². The van der Waals surface area contributed by atoms with Gasteiger partial charge in [-0.3, -0.25) is 0 Å². The summed E-state index contributed by atoms with van der Waals surface area (Å²) in [5.74, 6) is 0. The van der Waals surface area contributed by atoms with Crippen LogP contribution >= 0.6 is 0 Å². The van der Waals surface area contributed by atoms with Crippen LogP contribution in [0.25, 0.3) is 10.9 Å². The number of nitrogens with zero attached hydrogens (tertiary/aromatic N) is 2. The molecule has 2 aromatic rings. The molecule has 0 aliphatic rings. The van der Waals surface area contributed by atoms with Crippen molar-refractivity contribution in [1.29, 1.82) is 0 Å². The van der Waals surface area contributed by atoms with E-state index in [0.717, 1.165) is 10.9 Å². The second-order valence-electron chi connectivity index (χ2n) is 2.27. The summed E-state index contributed by atoms with van der Waals surface area (Å²) in [6.07, 6.45) is 1.72. The lowest BCUT2D eigenvalue weighted by molar-refractivity contribution is 0.200. The largest absolute Gasteiger partial charge is 0.374 e. The van der Waals surface area contributed by atoms with Gasteiger partial charge in [0.2, 0.25) is 0 Å². The third kappa shape index (κ3) is 0.897. The summed E-state index contributed by atoms with van der Waals surface area (Å²) in [5.41, 5.74) is 0.912. The van der Waals surface area contributed by atoms with E-state index < -0.39 is 0 Å². The van der Waals surface area contributed by atoms with Gasteiger partial charge < -0.3 is 5.11 Å². The number of aliphatic hydroxyl groups is 1. The predicted octanol–water partition coefficient (Wildman–Crippen LogP) is 0.786. The highest BCUT2D eigenvalue weighted by Crippen LogP contribution is 2.10. The molecule has 1 aromatic carbocycles. The third-order valence-electron chi connectivity index (χ3n) is 1.62. The van der Waals surface area contributed by atoms with Crippen LogP contribution in [0.5, 0.6) is 0 Å². The molecule has 0 fully saturated rings. The number of aliphatic hydroxyl groups excluding tert-OH is 1. The zero-order valence-corrected chi connectivity index (χ0v) is 5.86. The summed E-state index contributed by atoms with van der Waals surface area (Å²) in [5, 5.41) is 13.8. The molecule has 0 aliphatic heterocycles. The van der Waals surface area contributed by atoms with Crippen molar-refractivity contribution in [2.75, 3.05) is 0 Å². The maximum atomic E-state index is 8.81. The fraction of sp³-hybridized carbons (Fsp3) is 0.125. The standard InChI is InChI=1S/C8H7N2O/c11-6-10-8-4-2-1-3-7(8)5-9-10/h1,3-5,11H,6H2. The van der Waals surface area contributed by atoms with Gasteiger partial charge in [0.15, 0.2) is 0 Å². The Balaban J connectivity index is 2.76. The summed E-state index contributed by atoms with van der Waals surface area (Å²) in [6, 6.07) is 8.46. The summed E-state index contributed by atoms with van der Waals surface area (Å²) >= 11 is 0. The first-order valence-electron chi connectivity index (χ1n) is 3.34. The smallest absolute Gasteiger partial charge is 0.136 e. The van der Waals surface area contributed by atoms with E-state index in [1.807, 2.05) is 12.1 Å². The van der Waals surface area contributed by atoms with Gasteiger partial charge in [-0.2, -0.15) is 5.10 Å². The van der Waals surface area contributed by atoms with Gasteiger partial charge >= 0.3 is 0 Å². The minimum Gasteiger partial charge on any atom is -0.374 e. The van der Waals surface area contributed by atoms with Crippen molar-refractivity contribution in [3.63, 3.8) is 0 Å². The highest BCUT2D eigenvalue weighted by molar-refractivity contribution is 5.77. The first kappa shape index (κ1) is 6.37. The summed E-state index contributed by atoms with van der Waals surface area (Å²) in [6.45, 7) is -0.0820. The first-order valence-corrected chi connectivity index (χ1v) is 3.34. The van der Waals surface area contributed by atoms with Crippen molar-refractivity contribution in [1.82, 2.24) is 9.78 Å². The van der Waals surface area contributed by atoms with Crippen LogP contribution in [0.2, 0.25) is 0 Å². The van der Waals surface area contributed by atoms with E-state index in [-0.39, 0.29) is 6.73 Å². The fourth-order valence-electron chi connectivity index (χ4n) is 1.07. The Morgan fingerprint density at radius 1 is 1.64 bits per heavy atom.